The molecule has 2 aromatic rings. The normalized spacial score (nSPS) is 13.5. The van der Waals surface area contributed by atoms with Gasteiger partial charge in [0.25, 0.3) is 0 Å². The minimum atomic E-state index is 0.402. The van der Waals surface area contributed by atoms with Crippen molar-refractivity contribution < 1.29 is 0 Å². The zero-order valence-corrected chi connectivity index (χ0v) is 16.0. The van der Waals surface area contributed by atoms with Crippen LogP contribution < -0.4 is 0 Å². The lowest BCUT2D eigenvalue weighted by Gasteiger charge is -2.26. The average molecular weight is 420 g/mol. The Labute approximate surface area is 145 Å². The number of alkyl halides is 1. The third kappa shape index (κ3) is 4.11. The zero-order chi connectivity index (χ0) is 15.6. The first-order chi connectivity index (χ1) is 9.92. The van der Waals surface area contributed by atoms with Gasteiger partial charge in [-0.1, -0.05) is 13.8 Å². The molecule has 0 fully saturated rings. The average Bonchev–Trinajstić information content (AvgIpc) is 2.74. The van der Waals surface area contributed by atoms with E-state index in [0.717, 1.165) is 24.3 Å². The molecule has 1 heterocycles. The van der Waals surface area contributed by atoms with E-state index in [4.69, 9.17) is 16.6 Å². The van der Waals surface area contributed by atoms with Crippen LogP contribution in [0.5, 0.6) is 0 Å². The molecular formula is C16H23ClIN3. The molecule has 3 nitrogen and oxygen atoms in total. The van der Waals surface area contributed by atoms with Gasteiger partial charge in [0.1, 0.15) is 5.82 Å². The maximum Gasteiger partial charge on any atom is 0.125 e. The minimum Gasteiger partial charge on any atom is -0.323 e. The van der Waals surface area contributed by atoms with Gasteiger partial charge in [-0.25, -0.2) is 4.98 Å². The van der Waals surface area contributed by atoms with Crippen LogP contribution in [-0.2, 0) is 5.88 Å². The summed E-state index contributed by atoms with van der Waals surface area (Å²) in [6, 6.07) is 6.84. The number of hydrogen-bond donors (Lipinski definition) is 0. The molecule has 1 atom stereocenters. The van der Waals surface area contributed by atoms with Crippen LogP contribution in [0, 0.1) is 9.49 Å². The molecule has 0 N–H and O–H groups in total. The highest BCUT2D eigenvalue weighted by Gasteiger charge is 2.20. The first-order valence-corrected chi connectivity index (χ1v) is 8.90. The Kier molecular flexibility index (Phi) is 5.91. The maximum absolute atomic E-state index is 6.16. The number of halogens is 2. The molecule has 0 amide bonds. The van der Waals surface area contributed by atoms with Crippen LogP contribution in [0.1, 0.15) is 32.1 Å². The minimum absolute atomic E-state index is 0.402. The van der Waals surface area contributed by atoms with Gasteiger partial charge in [0.15, 0.2) is 0 Å². The smallest absolute Gasteiger partial charge is 0.125 e. The molecule has 0 saturated carbocycles. The van der Waals surface area contributed by atoms with E-state index in [0.29, 0.717) is 17.8 Å². The Hall–Kier alpha value is -0.330. The van der Waals surface area contributed by atoms with Crippen LogP contribution in [0.25, 0.3) is 11.0 Å². The molecule has 5 heteroatoms. The SMILES string of the molecule is CC(C)CC(CN(C)C)n1c(CCl)nc2cc(I)ccc21. The number of aromatic nitrogens is 2. The lowest BCUT2D eigenvalue weighted by molar-refractivity contribution is 0.289. The fourth-order valence-electron chi connectivity index (χ4n) is 2.85. The number of imidazole rings is 1. The standard InChI is InChI=1S/C16H23ClIN3/c1-11(2)7-13(10-20(3)4)21-15-6-5-12(18)8-14(15)19-16(21)9-17/h5-6,8,11,13H,7,9-10H2,1-4H3. The monoisotopic (exact) mass is 419 g/mol. The number of benzene rings is 1. The van der Waals surface area contributed by atoms with Crippen molar-refractivity contribution >= 4 is 45.2 Å². The lowest BCUT2D eigenvalue weighted by Crippen LogP contribution is -2.26. The predicted octanol–water partition coefficient (Wildman–Crippen LogP) is 4.53. The van der Waals surface area contributed by atoms with Gasteiger partial charge in [-0.2, -0.15) is 0 Å². The first kappa shape index (κ1) is 17.0. The van der Waals surface area contributed by atoms with Crippen LogP contribution in [0.4, 0.5) is 0 Å². The van der Waals surface area contributed by atoms with Gasteiger partial charge in [-0.3, -0.25) is 0 Å². The third-order valence-electron chi connectivity index (χ3n) is 3.53. The molecule has 0 aliphatic rings. The summed E-state index contributed by atoms with van der Waals surface area (Å²) in [5, 5.41) is 0. The fraction of sp³-hybridized carbons (Fsp3) is 0.562. The molecule has 1 unspecified atom stereocenters. The third-order valence-corrected chi connectivity index (χ3v) is 4.44. The summed E-state index contributed by atoms with van der Waals surface area (Å²) in [6.45, 7) is 5.54. The fourth-order valence-corrected chi connectivity index (χ4v) is 3.51. The van der Waals surface area contributed by atoms with Crippen molar-refractivity contribution in [2.75, 3.05) is 20.6 Å². The molecule has 0 saturated heterocycles. The molecule has 0 aliphatic heterocycles. The quantitative estimate of drug-likeness (QED) is 0.507. The van der Waals surface area contributed by atoms with E-state index in [1.165, 1.54) is 9.09 Å². The van der Waals surface area contributed by atoms with Crippen molar-refractivity contribution in [2.24, 2.45) is 5.92 Å². The molecule has 21 heavy (non-hydrogen) atoms. The molecular weight excluding hydrogens is 397 g/mol. The van der Waals surface area contributed by atoms with Gasteiger partial charge < -0.3 is 9.47 Å². The summed E-state index contributed by atoms with van der Waals surface area (Å²) in [7, 11) is 4.24. The second-order valence-electron chi connectivity index (χ2n) is 6.21. The van der Waals surface area contributed by atoms with Gasteiger partial charge >= 0.3 is 0 Å². The summed E-state index contributed by atoms with van der Waals surface area (Å²) >= 11 is 8.49. The van der Waals surface area contributed by atoms with E-state index < -0.39 is 0 Å². The Bertz CT molecular complexity index is 597. The molecule has 0 spiro atoms. The number of fused-ring (bicyclic) bond motifs is 1. The van der Waals surface area contributed by atoms with E-state index in [1.807, 2.05) is 0 Å². The van der Waals surface area contributed by atoms with Gasteiger partial charge in [-0.15, -0.1) is 11.6 Å². The van der Waals surface area contributed by atoms with Crippen molar-refractivity contribution in [1.82, 2.24) is 14.5 Å². The van der Waals surface area contributed by atoms with E-state index in [2.05, 4.69) is 78.2 Å². The topological polar surface area (TPSA) is 21.1 Å². The summed E-state index contributed by atoms with van der Waals surface area (Å²) in [6.07, 6.45) is 1.12. The molecule has 1 aromatic carbocycles. The lowest BCUT2D eigenvalue weighted by atomic mass is 10.0. The molecule has 0 radical (unpaired) electrons. The second-order valence-corrected chi connectivity index (χ2v) is 7.72. The number of rotatable bonds is 6. The Morgan fingerprint density at radius 2 is 2.05 bits per heavy atom. The molecule has 0 bridgehead atoms. The number of nitrogens with zero attached hydrogens (tertiary/aromatic N) is 3. The van der Waals surface area contributed by atoms with Crippen molar-refractivity contribution in [3.8, 4) is 0 Å². The molecule has 0 aliphatic carbocycles. The summed E-state index contributed by atoms with van der Waals surface area (Å²) < 4.78 is 3.55. The summed E-state index contributed by atoms with van der Waals surface area (Å²) in [5.74, 6) is 2.06. The Balaban J connectivity index is 2.53. The van der Waals surface area contributed by atoms with Crippen molar-refractivity contribution in [1.29, 1.82) is 0 Å². The number of hydrogen-bond acceptors (Lipinski definition) is 2. The van der Waals surface area contributed by atoms with E-state index in [1.54, 1.807) is 0 Å². The summed E-state index contributed by atoms with van der Waals surface area (Å²) in [4.78, 5) is 6.97. The molecule has 1 aromatic heterocycles. The molecule has 116 valence electrons. The molecule has 2 rings (SSSR count). The zero-order valence-electron chi connectivity index (χ0n) is 13.1. The van der Waals surface area contributed by atoms with E-state index in [-0.39, 0.29) is 0 Å². The van der Waals surface area contributed by atoms with Crippen molar-refractivity contribution in [2.45, 2.75) is 32.2 Å². The van der Waals surface area contributed by atoms with Crippen LogP contribution in [-0.4, -0.2) is 35.1 Å². The van der Waals surface area contributed by atoms with E-state index in [9.17, 15) is 0 Å². The highest BCUT2D eigenvalue weighted by Crippen LogP contribution is 2.28. The van der Waals surface area contributed by atoms with Crippen LogP contribution in [0.15, 0.2) is 18.2 Å². The van der Waals surface area contributed by atoms with Gasteiger partial charge in [0.2, 0.25) is 0 Å². The van der Waals surface area contributed by atoms with Gasteiger partial charge in [0.05, 0.1) is 16.9 Å². The summed E-state index contributed by atoms with van der Waals surface area (Å²) in [5.41, 5.74) is 2.24. The van der Waals surface area contributed by atoms with Crippen LogP contribution >= 0.6 is 34.2 Å². The van der Waals surface area contributed by atoms with E-state index >= 15 is 0 Å². The van der Waals surface area contributed by atoms with Crippen LogP contribution in [0.3, 0.4) is 0 Å². The van der Waals surface area contributed by atoms with Crippen molar-refractivity contribution in [3.63, 3.8) is 0 Å². The highest BCUT2D eigenvalue weighted by molar-refractivity contribution is 14.1. The number of likely N-dealkylation sites (N-methyl/N-ethyl adjacent to an activating group) is 1. The van der Waals surface area contributed by atoms with Crippen molar-refractivity contribution in [3.05, 3.63) is 27.6 Å². The predicted molar refractivity (Wildman–Crippen MR) is 99.1 cm³/mol. The van der Waals surface area contributed by atoms with Gasteiger partial charge in [0, 0.05) is 16.2 Å². The second kappa shape index (κ2) is 7.29. The Morgan fingerprint density at radius 3 is 2.62 bits per heavy atom. The Morgan fingerprint density at radius 1 is 1.33 bits per heavy atom. The largest absolute Gasteiger partial charge is 0.323 e. The van der Waals surface area contributed by atoms with Crippen LogP contribution in [0.2, 0.25) is 0 Å². The first-order valence-electron chi connectivity index (χ1n) is 7.29. The highest BCUT2D eigenvalue weighted by atomic mass is 127. The maximum atomic E-state index is 6.16. The van der Waals surface area contributed by atoms with Gasteiger partial charge in [-0.05, 0) is 67.2 Å².